The Morgan fingerprint density at radius 2 is 1.45 bits per heavy atom. The molecule has 1 unspecified atom stereocenters. The van der Waals surface area contributed by atoms with Gasteiger partial charge < -0.3 is 55.3 Å². The first kappa shape index (κ1) is 24.1. The third-order valence-corrected chi connectivity index (χ3v) is 4.57. The normalized spacial score (nSPS) is 43.8. The second kappa shape index (κ2) is 9.34. The van der Waals surface area contributed by atoms with E-state index in [1.54, 1.807) is 0 Å². The number of nitrogens with one attached hydrogen (secondary N) is 1. The molecule has 0 radical (unpaired) electrons. The lowest BCUT2D eigenvalue weighted by atomic mass is 9.95. The highest BCUT2D eigenvalue weighted by atomic mass is 19.4. The number of carbonyl (C=O) groups is 1. The summed E-state index contributed by atoms with van der Waals surface area (Å²) in [4.78, 5) is 11.3. The van der Waals surface area contributed by atoms with E-state index < -0.39 is 86.6 Å². The van der Waals surface area contributed by atoms with Gasteiger partial charge in [-0.05, 0) is 0 Å². The summed E-state index contributed by atoms with van der Waals surface area (Å²) in [7, 11) is 0. The van der Waals surface area contributed by atoms with Crippen molar-refractivity contribution in [2.24, 2.45) is 0 Å². The first-order valence-corrected chi connectivity index (χ1v) is 8.38. The first-order chi connectivity index (χ1) is 13.4. The van der Waals surface area contributed by atoms with E-state index in [2.05, 4.69) is 0 Å². The largest absolute Gasteiger partial charge is 0.471 e. The van der Waals surface area contributed by atoms with Gasteiger partial charge in [-0.3, -0.25) is 4.79 Å². The van der Waals surface area contributed by atoms with Gasteiger partial charge in [-0.1, -0.05) is 0 Å². The molecular formula is C14H22F3NO11. The summed E-state index contributed by atoms with van der Waals surface area (Å²) >= 11 is 0. The maximum absolute atomic E-state index is 12.6. The highest BCUT2D eigenvalue weighted by molar-refractivity contribution is 5.82. The summed E-state index contributed by atoms with van der Waals surface area (Å²) in [6.07, 6.45) is -21.9. The summed E-state index contributed by atoms with van der Waals surface area (Å²) in [6, 6.07) is -2.03. The second-order valence-electron chi connectivity index (χ2n) is 6.53. The standard InChI is InChI=1S/C14H22F3NO11/c15-14(16,17)13(26)18-5-10(7(22)4(2-20)27-11(5)25)29-12-9(24)8(23)6(21)3(1-19)28-12/h3-12,19-25H,1-2H2,(H,18,26)/t3-,4-,5-,6+,7+,8+,9-,10-,11?,12+/m1/s1. The van der Waals surface area contributed by atoms with E-state index >= 15 is 0 Å². The topological polar surface area (TPSA) is 198 Å². The number of ether oxygens (including phenoxy) is 3. The number of hydrogen-bond acceptors (Lipinski definition) is 11. The molecule has 2 heterocycles. The quantitative estimate of drug-likeness (QED) is 0.206. The number of halogens is 3. The molecule has 1 amide bonds. The average Bonchev–Trinajstić information content (AvgIpc) is 2.66. The SMILES string of the molecule is O=C(N[C@H]1C(O)O[C@H](CO)[C@H](O)[C@@H]1O[C@@H]1O[C@H](CO)[C@H](O)[C@H](O)[C@H]1O)C(F)(F)F. The van der Waals surface area contributed by atoms with Crippen LogP contribution in [0.5, 0.6) is 0 Å². The molecule has 10 atom stereocenters. The summed E-state index contributed by atoms with van der Waals surface area (Å²) < 4.78 is 52.7. The van der Waals surface area contributed by atoms with E-state index in [9.17, 15) is 48.6 Å². The summed E-state index contributed by atoms with van der Waals surface area (Å²) in [6.45, 7) is -1.73. The molecule has 2 aliphatic heterocycles. The van der Waals surface area contributed by atoms with Gasteiger partial charge in [0.05, 0.1) is 13.2 Å². The molecule has 0 aliphatic carbocycles. The van der Waals surface area contributed by atoms with E-state index in [1.165, 1.54) is 5.32 Å². The molecule has 0 spiro atoms. The minimum absolute atomic E-state index is 0.836. The number of hydrogen-bond donors (Lipinski definition) is 8. The molecule has 29 heavy (non-hydrogen) atoms. The van der Waals surface area contributed by atoms with Gasteiger partial charge >= 0.3 is 12.1 Å². The highest BCUT2D eigenvalue weighted by Gasteiger charge is 2.52. The third kappa shape index (κ3) is 5.13. The van der Waals surface area contributed by atoms with Gasteiger partial charge in [0.15, 0.2) is 12.6 Å². The van der Waals surface area contributed by atoms with Gasteiger partial charge in [-0.2, -0.15) is 13.2 Å². The molecule has 0 saturated carbocycles. The molecule has 8 N–H and O–H groups in total. The van der Waals surface area contributed by atoms with Gasteiger partial charge in [-0.25, -0.2) is 0 Å². The van der Waals surface area contributed by atoms with Crippen LogP contribution in [-0.4, -0.2) is 122 Å². The van der Waals surface area contributed by atoms with Crippen LogP contribution >= 0.6 is 0 Å². The van der Waals surface area contributed by atoms with Crippen molar-refractivity contribution in [3.05, 3.63) is 0 Å². The lowest BCUT2D eigenvalue weighted by molar-refractivity contribution is -0.342. The van der Waals surface area contributed by atoms with Crippen LogP contribution in [0.1, 0.15) is 0 Å². The van der Waals surface area contributed by atoms with Crippen LogP contribution < -0.4 is 5.32 Å². The Bertz CT molecular complexity index is 565. The van der Waals surface area contributed by atoms with Crippen LogP contribution in [0, 0.1) is 0 Å². The van der Waals surface area contributed by atoms with Crippen LogP contribution in [0.4, 0.5) is 13.2 Å². The van der Waals surface area contributed by atoms with Crippen molar-refractivity contribution >= 4 is 5.91 Å². The molecule has 0 aromatic rings. The molecule has 2 rings (SSSR count). The van der Waals surface area contributed by atoms with Gasteiger partial charge in [0.2, 0.25) is 0 Å². The monoisotopic (exact) mass is 437 g/mol. The van der Waals surface area contributed by atoms with Crippen molar-refractivity contribution in [3.8, 4) is 0 Å². The van der Waals surface area contributed by atoms with Crippen molar-refractivity contribution in [2.45, 2.75) is 67.5 Å². The molecule has 15 heteroatoms. The van der Waals surface area contributed by atoms with Crippen LogP contribution in [0.3, 0.4) is 0 Å². The van der Waals surface area contributed by atoms with Crippen molar-refractivity contribution in [2.75, 3.05) is 13.2 Å². The molecule has 2 aliphatic rings. The minimum atomic E-state index is -5.35. The number of carbonyl (C=O) groups excluding carboxylic acids is 1. The zero-order valence-electron chi connectivity index (χ0n) is 14.6. The number of rotatable bonds is 5. The summed E-state index contributed by atoms with van der Waals surface area (Å²) in [5.41, 5.74) is 0. The van der Waals surface area contributed by atoms with Gasteiger partial charge in [0, 0.05) is 0 Å². The zero-order valence-corrected chi connectivity index (χ0v) is 14.6. The zero-order chi connectivity index (χ0) is 22.1. The molecule has 2 fully saturated rings. The van der Waals surface area contributed by atoms with Crippen molar-refractivity contribution in [1.82, 2.24) is 5.32 Å². The Morgan fingerprint density at radius 1 is 0.897 bits per heavy atom. The Hall–Kier alpha value is -1.14. The number of amides is 1. The minimum Gasteiger partial charge on any atom is -0.394 e. The van der Waals surface area contributed by atoms with Crippen molar-refractivity contribution in [3.63, 3.8) is 0 Å². The lowest BCUT2D eigenvalue weighted by Gasteiger charge is -2.46. The molecule has 2 saturated heterocycles. The Balaban J connectivity index is 2.26. The van der Waals surface area contributed by atoms with Gasteiger partial charge in [-0.15, -0.1) is 0 Å². The maximum Gasteiger partial charge on any atom is 0.471 e. The van der Waals surface area contributed by atoms with Crippen molar-refractivity contribution in [1.29, 1.82) is 0 Å². The molecule has 170 valence electrons. The fourth-order valence-corrected chi connectivity index (χ4v) is 2.97. The summed E-state index contributed by atoms with van der Waals surface area (Å²) in [5, 5.41) is 69.4. The predicted molar refractivity (Wildman–Crippen MR) is 80.6 cm³/mol. The molecular weight excluding hydrogens is 415 g/mol. The fourth-order valence-electron chi connectivity index (χ4n) is 2.97. The summed E-state index contributed by atoms with van der Waals surface area (Å²) in [5.74, 6) is -2.50. The van der Waals surface area contributed by atoms with E-state index in [-0.39, 0.29) is 0 Å². The van der Waals surface area contributed by atoms with E-state index in [1.807, 2.05) is 0 Å². The van der Waals surface area contributed by atoms with E-state index in [0.717, 1.165) is 0 Å². The van der Waals surface area contributed by atoms with Crippen LogP contribution in [0.15, 0.2) is 0 Å². The van der Waals surface area contributed by atoms with Crippen LogP contribution in [0.2, 0.25) is 0 Å². The fraction of sp³-hybridized carbons (Fsp3) is 0.929. The lowest BCUT2D eigenvalue weighted by Crippen LogP contribution is -2.68. The van der Waals surface area contributed by atoms with Crippen LogP contribution in [0.25, 0.3) is 0 Å². The van der Waals surface area contributed by atoms with E-state index in [4.69, 9.17) is 19.3 Å². The second-order valence-corrected chi connectivity index (χ2v) is 6.53. The maximum atomic E-state index is 12.6. The molecule has 12 nitrogen and oxygen atoms in total. The van der Waals surface area contributed by atoms with Crippen molar-refractivity contribution < 1.29 is 67.9 Å². The smallest absolute Gasteiger partial charge is 0.394 e. The number of aliphatic hydroxyl groups excluding tert-OH is 7. The predicted octanol–water partition coefficient (Wildman–Crippen LogP) is -4.71. The first-order valence-electron chi connectivity index (χ1n) is 8.38. The van der Waals surface area contributed by atoms with Crippen LogP contribution in [-0.2, 0) is 19.0 Å². The highest BCUT2D eigenvalue weighted by Crippen LogP contribution is 2.29. The average molecular weight is 437 g/mol. The number of alkyl halides is 3. The Morgan fingerprint density at radius 3 is 1.97 bits per heavy atom. The molecule has 0 bridgehead atoms. The molecule has 0 aromatic heterocycles. The van der Waals surface area contributed by atoms with E-state index in [0.29, 0.717) is 0 Å². The Kier molecular flexibility index (Phi) is 7.77. The number of aliphatic hydroxyl groups is 7. The van der Waals surface area contributed by atoms with Gasteiger partial charge in [0.1, 0.15) is 48.8 Å². The Labute approximate surface area is 161 Å². The molecule has 0 aromatic carbocycles. The van der Waals surface area contributed by atoms with Gasteiger partial charge in [0.25, 0.3) is 0 Å². The third-order valence-electron chi connectivity index (χ3n) is 4.57.